The van der Waals surface area contributed by atoms with Crippen molar-refractivity contribution in [1.82, 2.24) is 15.5 Å². The summed E-state index contributed by atoms with van der Waals surface area (Å²) in [5.41, 5.74) is -0.208. The van der Waals surface area contributed by atoms with Crippen molar-refractivity contribution in [2.75, 3.05) is 39.5 Å². The average molecular weight is 494 g/mol. The molecule has 10 heteroatoms. The highest BCUT2D eigenvalue weighted by Gasteiger charge is 2.26. The van der Waals surface area contributed by atoms with Gasteiger partial charge in [-0.25, -0.2) is 4.79 Å². The zero-order valence-corrected chi connectivity index (χ0v) is 21.7. The number of hydrogen-bond acceptors (Lipinski definition) is 7. The van der Waals surface area contributed by atoms with Crippen LogP contribution in [0.15, 0.2) is 12.1 Å². The van der Waals surface area contributed by atoms with Crippen molar-refractivity contribution < 1.29 is 33.3 Å². The first-order valence-corrected chi connectivity index (χ1v) is 12.2. The van der Waals surface area contributed by atoms with Crippen molar-refractivity contribution >= 4 is 17.9 Å². The molecule has 0 aliphatic carbocycles. The number of alkyl carbamates (subject to hydrolysis) is 1. The standard InChI is InChI=1S/C25H39N3O7/c1-7-32-19-14-17(15-20(33-8-2)22(19)34-9-3)23(30)27-18-10-12-28(13-11-18)21(29)16-26-24(31)35-25(4,5)6/h14-15,18H,7-13,16H2,1-6H3,(H,26,31)(H,27,30). The van der Waals surface area contributed by atoms with Gasteiger partial charge >= 0.3 is 6.09 Å². The lowest BCUT2D eigenvalue weighted by molar-refractivity contribution is -0.131. The van der Waals surface area contributed by atoms with Crippen LogP contribution in [0.25, 0.3) is 0 Å². The molecule has 3 amide bonds. The van der Waals surface area contributed by atoms with Crippen LogP contribution in [-0.2, 0) is 9.53 Å². The predicted octanol–water partition coefficient (Wildman–Crippen LogP) is 3.13. The van der Waals surface area contributed by atoms with Gasteiger partial charge < -0.3 is 34.5 Å². The van der Waals surface area contributed by atoms with Crippen LogP contribution in [0.1, 0.15) is 64.7 Å². The fraction of sp³-hybridized carbons (Fsp3) is 0.640. The molecule has 1 aliphatic heterocycles. The second-order valence-corrected chi connectivity index (χ2v) is 9.08. The molecule has 0 saturated carbocycles. The third-order valence-corrected chi connectivity index (χ3v) is 5.14. The molecule has 1 aromatic rings. The first kappa shape index (κ1) is 28.1. The van der Waals surface area contributed by atoms with Crippen molar-refractivity contribution in [3.63, 3.8) is 0 Å². The maximum Gasteiger partial charge on any atom is 0.408 e. The van der Waals surface area contributed by atoms with Gasteiger partial charge in [-0.1, -0.05) is 0 Å². The quantitative estimate of drug-likeness (QED) is 0.514. The summed E-state index contributed by atoms with van der Waals surface area (Å²) in [4.78, 5) is 38.9. The number of rotatable bonds is 10. The monoisotopic (exact) mass is 493 g/mol. The van der Waals surface area contributed by atoms with Gasteiger partial charge in [-0.15, -0.1) is 0 Å². The topological polar surface area (TPSA) is 115 Å². The first-order chi connectivity index (χ1) is 16.6. The third kappa shape index (κ3) is 8.84. The summed E-state index contributed by atoms with van der Waals surface area (Å²) < 4.78 is 22.2. The zero-order chi connectivity index (χ0) is 26.0. The molecule has 1 fully saturated rings. The van der Waals surface area contributed by atoms with Crippen LogP contribution in [0.5, 0.6) is 17.2 Å². The lowest BCUT2D eigenvalue weighted by Crippen LogP contribution is -2.49. The lowest BCUT2D eigenvalue weighted by atomic mass is 10.0. The van der Waals surface area contributed by atoms with E-state index >= 15 is 0 Å². The van der Waals surface area contributed by atoms with E-state index in [9.17, 15) is 14.4 Å². The van der Waals surface area contributed by atoms with Crippen molar-refractivity contribution in [1.29, 1.82) is 0 Å². The fourth-order valence-corrected chi connectivity index (χ4v) is 3.64. The van der Waals surface area contributed by atoms with Gasteiger partial charge in [-0.3, -0.25) is 9.59 Å². The van der Waals surface area contributed by atoms with Gasteiger partial charge in [0, 0.05) is 24.7 Å². The Kier molecular flexibility index (Phi) is 10.5. The van der Waals surface area contributed by atoms with Gasteiger partial charge in [-0.05, 0) is 66.5 Å². The van der Waals surface area contributed by atoms with E-state index in [0.717, 1.165) is 0 Å². The van der Waals surface area contributed by atoms with Crippen LogP contribution in [0.4, 0.5) is 4.79 Å². The summed E-state index contributed by atoms with van der Waals surface area (Å²) in [5.74, 6) is 0.979. The van der Waals surface area contributed by atoms with Gasteiger partial charge in [0.25, 0.3) is 5.91 Å². The Balaban J connectivity index is 1.94. The highest BCUT2D eigenvalue weighted by atomic mass is 16.6. The van der Waals surface area contributed by atoms with Crippen LogP contribution in [0, 0.1) is 0 Å². The van der Waals surface area contributed by atoms with Crippen LogP contribution in [-0.4, -0.2) is 73.9 Å². The fourth-order valence-electron chi connectivity index (χ4n) is 3.64. The molecule has 2 rings (SSSR count). The van der Waals surface area contributed by atoms with Crippen LogP contribution < -0.4 is 24.8 Å². The van der Waals surface area contributed by atoms with Gasteiger partial charge in [0.15, 0.2) is 11.5 Å². The third-order valence-electron chi connectivity index (χ3n) is 5.14. The molecule has 0 atom stereocenters. The minimum atomic E-state index is -0.625. The molecule has 2 N–H and O–H groups in total. The number of carbonyl (C=O) groups is 3. The Morgan fingerprint density at radius 1 is 0.943 bits per heavy atom. The molecule has 1 aliphatic rings. The van der Waals surface area contributed by atoms with E-state index in [0.29, 0.717) is 68.6 Å². The number of hydrogen-bond donors (Lipinski definition) is 2. The summed E-state index contributed by atoms with van der Waals surface area (Å²) in [5, 5.41) is 5.53. The largest absolute Gasteiger partial charge is 0.490 e. The van der Waals surface area contributed by atoms with Gasteiger partial charge in [0.05, 0.1) is 19.8 Å². The Labute approximate surface area is 207 Å². The minimum absolute atomic E-state index is 0.0805. The van der Waals surface area contributed by atoms with Crippen molar-refractivity contribution in [3.8, 4) is 17.2 Å². The van der Waals surface area contributed by atoms with E-state index in [1.807, 2.05) is 20.8 Å². The number of carbonyl (C=O) groups excluding carboxylic acids is 3. The Morgan fingerprint density at radius 2 is 1.49 bits per heavy atom. The average Bonchev–Trinajstić information content (AvgIpc) is 2.79. The normalized spacial score (nSPS) is 14.2. The molecule has 1 aromatic carbocycles. The molecular formula is C25H39N3O7. The highest BCUT2D eigenvalue weighted by Crippen LogP contribution is 2.39. The summed E-state index contributed by atoms with van der Waals surface area (Å²) in [6, 6.07) is 3.24. The maximum atomic E-state index is 13.0. The number of nitrogens with one attached hydrogen (secondary N) is 2. The SMILES string of the molecule is CCOc1cc(C(=O)NC2CCN(C(=O)CNC(=O)OC(C)(C)C)CC2)cc(OCC)c1OCC. The van der Waals surface area contributed by atoms with Crippen LogP contribution in [0.3, 0.4) is 0 Å². The number of amides is 3. The molecule has 35 heavy (non-hydrogen) atoms. The first-order valence-electron chi connectivity index (χ1n) is 12.2. The van der Waals surface area contributed by atoms with Crippen molar-refractivity contribution in [2.24, 2.45) is 0 Å². The van der Waals surface area contributed by atoms with E-state index in [4.69, 9.17) is 18.9 Å². The molecule has 196 valence electrons. The minimum Gasteiger partial charge on any atom is -0.490 e. The smallest absolute Gasteiger partial charge is 0.408 e. The van der Waals surface area contributed by atoms with Crippen molar-refractivity contribution in [2.45, 2.75) is 66.0 Å². The van der Waals surface area contributed by atoms with Crippen molar-refractivity contribution in [3.05, 3.63) is 17.7 Å². The number of piperidine rings is 1. The molecular weight excluding hydrogens is 454 g/mol. The van der Waals surface area contributed by atoms with Gasteiger partial charge in [0.2, 0.25) is 11.7 Å². The molecule has 1 saturated heterocycles. The summed E-state index contributed by atoms with van der Waals surface area (Å²) in [7, 11) is 0. The molecule has 0 radical (unpaired) electrons. The number of ether oxygens (including phenoxy) is 4. The summed E-state index contributed by atoms with van der Waals surface area (Å²) in [6.45, 7) is 13.0. The zero-order valence-electron chi connectivity index (χ0n) is 21.7. The van der Waals surface area contributed by atoms with E-state index < -0.39 is 11.7 Å². The molecule has 1 heterocycles. The number of likely N-dealkylation sites (tertiary alicyclic amines) is 1. The van der Waals surface area contributed by atoms with E-state index in [1.54, 1.807) is 37.8 Å². The van der Waals surface area contributed by atoms with Crippen LogP contribution >= 0.6 is 0 Å². The molecule has 10 nitrogen and oxygen atoms in total. The van der Waals surface area contributed by atoms with Crippen LogP contribution in [0.2, 0.25) is 0 Å². The Bertz CT molecular complexity index is 847. The molecule has 0 unspecified atom stereocenters. The summed E-state index contributed by atoms with van der Waals surface area (Å²) in [6.07, 6.45) is 0.594. The Morgan fingerprint density at radius 3 is 1.97 bits per heavy atom. The van der Waals surface area contributed by atoms with E-state index in [1.165, 1.54) is 0 Å². The second kappa shape index (κ2) is 13.1. The van der Waals surface area contributed by atoms with E-state index in [2.05, 4.69) is 10.6 Å². The maximum absolute atomic E-state index is 13.0. The number of nitrogens with zero attached hydrogens (tertiary/aromatic N) is 1. The van der Waals surface area contributed by atoms with Gasteiger partial charge in [0.1, 0.15) is 12.1 Å². The van der Waals surface area contributed by atoms with E-state index in [-0.39, 0.29) is 24.4 Å². The predicted molar refractivity (Wildman–Crippen MR) is 131 cm³/mol. The highest BCUT2D eigenvalue weighted by molar-refractivity contribution is 5.96. The number of benzene rings is 1. The molecule has 0 spiro atoms. The van der Waals surface area contributed by atoms with Gasteiger partial charge in [-0.2, -0.15) is 0 Å². The Hall–Kier alpha value is -3.17. The lowest BCUT2D eigenvalue weighted by Gasteiger charge is -2.32. The molecule has 0 bridgehead atoms. The second-order valence-electron chi connectivity index (χ2n) is 9.08. The molecule has 0 aromatic heterocycles. The summed E-state index contributed by atoms with van der Waals surface area (Å²) >= 11 is 0.